The third kappa shape index (κ3) is 4.79. The summed E-state index contributed by atoms with van der Waals surface area (Å²) in [6.07, 6.45) is -23.6. The van der Waals surface area contributed by atoms with E-state index >= 15 is 0 Å². The van der Waals surface area contributed by atoms with Crippen LogP contribution in [-0.4, -0.2) is 17.8 Å². The first-order chi connectivity index (χ1) is 17.2. The number of rotatable bonds is 2. The number of alkyl halides is 18. The predicted molar refractivity (Wildman–Crippen MR) is 94.5 cm³/mol. The van der Waals surface area contributed by atoms with Crippen molar-refractivity contribution in [1.82, 2.24) is 0 Å². The first kappa shape index (κ1) is 30.5. The number of allylic oxidation sites excluding steroid dienone is 2. The maximum atomic E-state index is 14.8. The molecule has 2 aromatic carbocycles. The molecule has 2 aromatic rings. The SMILES string of the molecule is FC(F)(F)c1ccc(C2=C(c3ccc(C(F)(F)F)cc3C(F)(F)F)C(F)(F)C(F)(F)C2(F)F)c(C(F)(F)F)c1. The lowest BCUT2D eigenvalue weighted by Crippen LogP contribution is -2.49. The summed E-state index contributed by atoms with van der Waals surface area (Å²) in [5.74, 6) is -19.7. The molecule has 0 amide bonds. The molecule has 0 N–H and O–H groups in total. The van der Waals surface area contributed by atoms with Gasteiger partial charge >= 0.3 is 42.5 Å². The van der Waals surface area contributed by atoms with Crippen molar-refractivity contribution in [2.24, 2.45) is 0 Å². The van der Waals surface area contributed by atoms with Crippen LogP contribution in [0.1, 0.15) is 33.4 Å². The molecule has 0 bridgehead atoms. The van der Waals surface area contributed by atoms with Gasteiger partial charge in [-0.15, -0.1) is 0 Å². The van der Waals surface area contributed by atoms with Crippen LogP contribution >= 0.6 is 0 Å². The highest BCUT2D eigenvalue weighted by atomic mass is 19.4. The Bertz CT molecular complexity index is 1210. The third-order valence-corrected chi connectivity index (χ3v) is 5.51. The summed E-state index contributed by atoms with van der Waals surface area (Å²) in [5, 5.41) is 0. The minimum atomic E-state index is -6.79. The van der Waals surface area contributed by atoms with Crippen molar-refractivity contribution in [1.29, 1.82) is 0 Å². The maximum Gasteiger partial charge on any atom is 0.417 e. The van der Waals surface area contributed by atoms with Gasteiger partial charge in [0.05, 0.1) is 22.3 Å². The highest BCUT2D eigenvalue weighted by Gasteiger charge is 2.80. The average molecular weight is 600 g/mol. The van der Waals surface area contributed by atoms with E-state index in [1.54, 1.807) is 0 Å². The van der Waals surface area contributed by atoms with Crippen molar-refractivity contribution >= 4 is 11.1 Å². The van der Waals surface area contributed by atoms with Gasteiger partial charge in [0, 0.05) is 11.1 Å². The molecule has 216 valence electrons. The van der Waals surface area contributed by atoms with Gasteiger partial charge in [0.15, 0.2) is 0 Å². The average Bonchev–Trinajstić information content (AvgIpc) is 2.84. The van der Waals surface area contributed by atoms with Crippen LogP contribution in [-0.2, 0) is 24.7 Å². The Balaban J connectivity index is 2.60. The van der Waals surface area contributed by atoms with E-state index in [0.717, 1.165) is 0 Å². The summed E-state index contributed by atoms with van der Waals surface area (Å²) in [6.45, 7) is 0. The molecule has 0 heterocycles. The van der Waals surface area contributed by atoms with Crippen LogP contribution in [0.4, 0.5) is 79.0 Å². The molecule has 0 atom stereocenters. The zero-order valence-corrected chi connectivity index (χ0v) is 17.8. The molecule has 0 saturated carbocycles. The lowest BCUT2D eigenvalue weighted by molar-refractivity contribution is -0.254. The van der Waals surface area contributed by atoms with Gasteiger partial charge in [0.25, 0.3) is 0 Å². The zero-order valence-electron chi connectivity index (χ0n) is 17.8. The van der Waals surface area contributed by atoms with Crippen molar-refractivity contribution in [3.05, 3.63) is 69.8 Å². The van der Waals surface area contributed by atoms with E-state index in [4.69, 9.17) is 0 Å². The second-order valence-corrected chi connectivity index (χ2v) is 7.98. The number of halogens is 18. The van der Waals surface area contributed by atoms with E-state index in [9.17, 15) is 79.0 Å². The molecule has 18 heteroatoms. The normalized spacial score (nSPS) is 19.5. The molecule has 0 nitrogen and oxygen atoms in total. The highest BCUT2D eigenvalue weighted by Crippen LogP contribution is 2.66. The maximum absolute atomic E-state index is 14.8. The topological polar surface area (TPSA) is 0 Å². The van der Waals surface area contributed by atoms with Crippen LogP contribution in [0.15, 0.2) is 36.4 Å². The molecule has 39 heavy (non-hydrogen) atoms. The second-order valence-electron chi connectivity index (χ2n) is 7.98. The molecule has 0 aromatic heterocycles. The van der Waals surface area contributed by atoms with Crippen molar-refractivity contribution < 1.29 is 79.0 Å². The number of hydrogen-bond donors (Lipinski definition) is 0. The quantitative estimate of drug-likeness (QED) is 0.302. The lowest BCUT2D eigenvalue weighted by Gasteiger charge is -2.26. The predicted octanol–water partition coefficient (Wildman–Crippen LogP) is 9.59. The Hall–Kier alpha value is -3.08. The van der Waals surface area contributed by atoms with Gasteiger partial charge in [-0.1, -0.05) is 12.1 Å². The molecular formula is C21H6F18. The number of hydrogen-bond acceptors (Lipinski definition) is 0. The molecule has 0 radical (unpaired) electrons. The van der Waals surface area contributed by atoms with Gasteiger partial charge in [0.1, 0.15) is 0 Å². The Morgan fingerprint density at radius 2 is 0.692 bits per heavy atom. The summed E-state index contributed by atoms with van der Waals surface area (Å²) in [6, 6.07) is -3.86. The van der Waals surface area contributed by atoms with Crippen molar-refractivity contribution in [3.8, 4) is 0 Å². The molecular weight excluding hydrogens is 594 g/mol. The van der Waals surface area contributed by atoms with Gasteiger partial charge in [0.2, 0.25) is 0 Å². The van der Waals surface area contributed by atoms with Gasteiger partial charge in [-0.25, -0.2) is 0 Å². The molecule has 1 aliphatic carbocycles. The fourth-order valence-electron chi connectivity index (χ4n) is 3.78. The Morgan fingerprint density at radius 1 is 0.410 bits per heavy atom. The first-order valence-electron chi connectivity index (χ1n) is 9.63. The first-order valence-corrected chi connectivity index (χ1v) is 9.63. The molecule has 0 aliphatic heterocycles. The lowest BCUT2D eigenvalue weighted by atomic mass is 9.88. The minimum Gasteiger partial charge on any atom is -0.194 e. The van der Waals surface area contributed by atoms with E-state index in [1.165, 1.54) is 0 Å². The smallest absolute Gasteiger partial charge is 0.194 e. The van der Waals surface area contributed by atoms with Crippen molar-refractivity contribution in [3.63, 3.8) is 0 Å². The Labute approximate surface area is 203 Å². The summed E-state index contributed by atoms with van der Waals surface area (Å²) in [5.41, 5.74) is -21.5. The van der Waals surface area contributed by atoms with Crippen LogP contribution in [0.2, 0.25) is 0 Å². The van der Waals surface area contributed by atoms with E-state index in [0.29, 0.717) is 0 Å². The molecule has 3 rings (SSSR count). The Kier molecular flexibility index (Phi) is 6.61. The van der Waals surface area contributed by atoms with Crippen LogP contribution in [0.25, 0.3) is 11.1 Å². The van der Waals surface area contributed by atoms with Crippen LogP contribution in [0.5, 0.6) is 0 Å². The van der Waals surface area contributed by atoms with Crippen LogP contribution in [0.3, 0.4) is 0 Å². The largest absolute Gasteiger partial charge is 0.417 e. The van der Waals surface area contributed by atoms with E-state index < -0.39 is 123 Å². The zero-order chi connectivity index (χ0) is 30.4. The molecule has 0 fully saturated rings. The standard InChI is InChI=1S/C21H6F18/c22-15(23)13(9-3-1-7(17(26,27)28)5-11(9)19(32,33)34)14(16(24,25)21(15,38)39)10-4-2-8(18(29,30)31)6-12(10)20(35,36)37/h1-6H. The summed E-state index contributed by atoms with van der Waals surface area (Å²) in [4.78, 5) is 0. The molecule has 1 aliphatic rings. The Morgan fingerprint density at radius 3 is 0.923 bits per heavy atom. The number of benzene rings is 2. The van der Waals surface area contributed by atoms with Gasteiger partial charge < -0.3 is 0 Å². The fraction of sp³-hybridized carbons (Fsp3) is 0.333. The molecule has 0 saturated heterocycles. The minimum absolute atomic E-state index is 0.419. The summed E-state index contributed by atoms with van der Waals surface area (Å²) >= 11 is 0. The van der Waals surface area contributed by atoms with Crippen LogP contribution < -0.4 is 0 Å². The fourth-order valence-corrected chi connectivity index (χ4v) is 3.78. The highest BCUT2D eigenvalue weighted by molar-refractivity contribution is 6.02. The van der Waals surface area contributed by atoms with Gasteiger partial charge in [-0.05, 0) is 35.4 Å². The second kappa shape index (κ2) is 8.46. The third-order valence-electron chi connectivity index (χ3n) is 5.51. The van der Waals surface area contributed by atoms with Crippen molar-refractivity contribution in [2.75, 3.05) is 0 Å². The van der Waals surface area contributed by atoms with E-state index in [1.807, 2.05) is 0 Å². The summed E-state index contributed by atoms with van der Waals surface area (Å²) in [7, 11) is 0. The van der Waals surface area contributed by atoms with Crippen LogP contribution in [0, 0.1) is 0 Å². The monoisotopic (exact) mass is 600 g/mol. The summed E-state index contributed by atoms with van der Waals surface area (Å²) < 4.78 is 247. The van der Waals surface area contributed by atoms with E-state index in [2.05, 4.69) is 0 Å². The van der Waals surface area contributed by atoms with Gasteiger partial charge in [-0.2, -0.15) is 79.0 Å². The van der Waals surface area contributed by atoms with E-state index in [-0.39, 0.29) is 0 Å². The van der Waals surface area contributed by atoms with Crippen molar-refractivity contribution in [2.45, 2.75) is 42.5 Å². The molecule has 0 spiro atoms. The molecule has 0 unspecified atom stereocenters. The van der Waals surface area contributed by atoms with Gasteiger partial charge in [-0.3, -0.25) is 0 Å².